The zero-order valence-corrected chi connectivity index (χ0v) is 14.7. The highest BCUT2D eigenvalue weighted by Gasteiger charge is 2.15. The summed E-state index contributed by atoms with van der Waals surface area (Å²) >= 11 is 3.52. The van der Waals surface area contributed by atoms with Gasteiger partial charge in [0.15, 0.2) is 0 Å². The van der Waals surface area contributed by atoms with Crippen LogP contribution in [0.2, 0.25) is 0 Å². The largest absolute Gasteiger partial charge is 0.368 e. The molecular formula is C16H26BrN3O. The van der Waals surface area contributed by atoms with E-state index in [0.717, 1.165) is 36.2 Å². The van der Waals surface area contributed by atoms with E-state index in [2.05, 4.69) is 59.1 Å². The van der Waals surface area contributed by atoms with Crippen molar-refractivity contribution in [1.82, 2.24) is 5.32 Å². The monoisotopic (exact) mass is 355 g/mol. The molecule has 0 aromatic heterocycles. The Morgan fingerprint density at radius 2 is 2.14 bits per heavy atom. The van der Waals surface area contributed by atoms with Crippen LogP contribution in [0.1, 0.15) is 32.8 Å². The van der Waals surface area contributed by atoms with Crippen molar-refractivity contribution in [3.05, 3.63) is 28.2 Å². The Labute approximate surface area is 136 Å². The number of nitrogens with one attached hydrogen (secondary N) is 1. The Balaban J connectivity index is 3.01. The fourth-order valence-corrected chi connectivity index (χ4v) is 2.69. The number of hydrogen-bond donors (Lipinski definition) is 2. The molecule has 0 aliphatic carbocycles. The molecule has 5 heteroatoms. The quantitative estimate of drug-likeness (QED) is 0.669. The van der Waals surface area contributed by atoms with E-state index in [9.17, 15) is 4.79 Å². The topological polar surface area (TPSA) is 58.4 Å². The van der Waals surface area contributed by atoms with Gasteiger partial charge in [0.25, 0.3) is 0 Å². The predicted molar refractivity (Wildman–Crippen MR) is 92.4 cm³/mol. The second-order valence-corrected chi connectivity index (χ2v) is 6.61. The third kappa shape index (κ3) is 6.48. The highest BCUT2D eigenvalue weighted by Crippen LogP contribution is 2.25. The van der Waals surface area contributed by atoms with E-state index < -0.39 is 0 Å². The summed E-state index contributed by atoms with van der Waals surface area (Å²) < 4.78 is 1.04. The van der Waals surface area contributed by atoms with E-state index >= 15 is 0 Å². The predicted octanol–water partition coefficient (Wildman–Crippen LogP) is 2.90. The maximum atomic E-state index is 11.4. The molecule has 0 aliphatic rings. The zero-order valence-electron chi connectivity index (χ0n) is 13.2. The fraction of sp³-hybridized carbons (Fsp3) is 0.562. The van der Waals surface area contributed by atoms with Gasteiger partial charge < -0.3 is 16.0 Å². The maximum Gasteiger partial charge on any atom is 0.236 e. The molecule has 0 radical (unpaired) electrons. The summed E-state index contributed by atoms with van der Waals surface area (Å²) in [5.74, 6) is 0.162. The molecule has 1 aromatic carbocycles. The Bertz CT molecular complexity index is 463. The van der Waals surface area contributed by atoms with Crippen LogP contribution >= 0.6 is 15.9 Å². The van der Waals surface area contributed by atoms with Gasteiger partial charge in [-0.3, -0.25) is 4.79 Å². The van der Waals surface area contributed by atoms with Crippen LogP contribution in [0.5, 0.6) is 0 Å². The first-order chi connectivity index (χ1) is 9.93. The molecule has 1 rings (SSSR count). The first-order valence-electron chi connectivity index (χ1n) is 7.46. The molecule has 0 fully saturated rings. The summed E-state index contributed by atoms with van der Waals surface area (Å²) in [6.45, 7) is 9.25. The van der Waals surface area contributed by atoms with Gasteiger partial charge in [-0.25, -0.2) is 0 Å². The van der Waals surface area contributed by atoms with Gasteiger partial charge >= 0.3 is 0 Å². The molecule has 1 aromatic rings. The van der Waals surface area contributed by atoms with Crippen LogP contribution in [0.25, 0.3) is 0 Å². The number of primary amides is 1. The molecule has 1 amide bonds. The van der Waals surface area contributed by atoms with E-state index in [1.54, 1.807) is 0 Å². The number of rotatable bonds is 9. The number of nitrogens with zero attached hydrogens (tertiary/aromatic N) is 1. The van der Waals surface area contributed by atoms with E-state index in [0.29, 0.717) is 5.92 Å². The average Bonchev–Trinajstić information content (AvgIpc) is 2.37. The normalized spacial score (nSPS) is 10.9. The molecule has 0 bridgehead atoms. The molecule has 4 nitrogen and oxygen atoms in total. The number of carbonyl (C=O) groups is 1. The number of hydrogen-bond acceptors (Lipinski definition) is 3. The van der Waals surface area contributed by atoms with E-state index in [1.165, 1.54) is 5.56 Å². The van der Waals surface area contributed by atoms with Gasteiger partial charge in [0.2, 0.25) is 5.91 Å². The summed E-state index contributed by atoms with van der Waals surface area (Å²) in [7, 11) is 0. The molecular weight excluding hydrogens is 330 g/mol. The van der Waals surface area contributed by atoms with Crippen molar-refractivity contribution in [1.29, 1.82) is 0 Å². The SMILES string of the molecule is CCCNCc1cc(Br)ccc1N(CC(N)=O)CC(C)C. The lowest BCUT2D eigenvalue weighted by molar-refractivity contribution is -0.116. The van der Waals surface area contributed by atoms with Crippen molar-refractivity contribution in [3.63, 3.8) is 0 Å². The van der Waals surface area contributed by atoms with Crippen LogP contribution in [0.3, 0.4) is 0 Å². The molecule has 0 aliphatic heterocycles. The first kappa shape index (κ1) is 18.0. The molecule has 0 unspecified atom stereocenters. The number of amides is 1. The van der Waals surface area contributed by atoms with Crippen LogP contribution in [-0.4, -0.2) is 25.5 Å². The molecule has 21 heavy (non-hydrogen) atoms. The Kier molecular flexibility index (Phi) is 7.75. The maximum absolute atomic E-state index is 11.4. The third-order valence-corrected chi connectivity index (χ3v) is 3.55. The van der Waals surface area contributed by atoms with Gasteiger partial charge in [-0.05, 0) is 42.6 Å². The number of benzene rings is 1. The van der Waals surface area contributed by atoms with Crippen LogP contribution in [0.15, 0.2) is 22.7 Å². The van der Waals surface area contributed by atoms with Gasteiger partial charge in [-0.15, -0.1) is 0 Å². The van der Waals surface area contributed by atoms with E-state index in [1.807, 2.05) is 6.07 Å². The lowest BCUT2D eigenvalue weighted by Crippen LogP contribution is -2.37. The Morgan fingerprint density at radius 3 is 2.71 bits per heavy atom. The highest BCUT2D eigenvalue weighted by atomic mass is 79.9. The van der Waals surface area contributed by atoms with Gasteiger partial charge in [0, 0.05) is 23.2 Å². The lowest BCUT2D eigenvalue weighted by atomic mass is 10.1. The zero-order chi connectivity index (χ0) is 15.8. The molecule has 0 heterocycles. The van der Waals surface area contributed by atoms with E-state index in [4.69, 9.17) is 5.73 Å². The van der Waals surface area contributed by atoms with Crippen molar-refractivity contribution in [2.45, 2.75) is 33.7 Å². The minimum Gasteiger partial charge on any atom is -0.368 e. The summed E-state index contributed by atoms with van der Waals surface area (Å²) in [4.78, 5) is 13.4. The van der Waals surface area contributed by atoms with E-state index in [-0.39, 0.29) is 12.5 Å². The average molecular weight is 356 g/mol. The van der Waals surface area contributed by atoms with Gasteiger partial charge in [-0.2, -0.15) is 0 Å². The summed E-state index contributed by atoms with van der Waals surface area (Å²) in [5.41, 5.74) is 7.66. The molecule has 118 valence electrons. The minimum absolute atomic E-state index is 0.251. The third-order valence-electron chi connectivity index (χ3n) is 3.06. The number of anilines is 1. The van der Waals surface area contributed by atoms with Crippen LogP contribution in [0.4, 0.5) is 5.69 Å². The fourth-order valence-electron chi connectivity index (χ4n) is 2.28. The summed E-state index contributed by atoms with van der Waals surface area (Å²) in [6.07, 6.45) is 1.10. The second kappa shape index (κ2) is 9.05. The smallest absolute Gasteiger partial charge is 0.236 e. The Morgan fingerprint density at radius 1 is 1.43 bits per heavy atom. The van der Waals surface area contributed by atoms with Crippen LogP contribution in [-0.2, 0) is 11.3 Å². The number of halogens is 1. The van der Waals surface area contributed by atoms with Crippen molar-refractivity contribution >= 4 is 27.5 Å². The molecule has 3 N–H and O–H groups in total. The molecule has 0 atom stereocenters. The van der Waals surface area contributed by atoms with Crippen molar-refractivity contribution in [3.8, 4) is 0 Å². The van der Waals surface area contributed by atoms with Crippen LogP contribution < -0.4 is 16.0 Å². The Hall–Kier alpha value is -1.07. The lowest BCUT2D eigenvalue weighted by Gasteiger charge is -2.28. The van der Waals surface area contributed by atoms with Crippen molar-refractivity contribution in [2.75, 3.05) is 24.5 Å². The van der Waals surface area contributed by atoms with Crippen molar-refractivity contribution in [2.24, 2.45) is 11.7 Å². The second-order valence-electron chi connectivity index (χ2n) is 5.69. The molecule has 0 saturated heterocycles. The minimum atomic E-state index is -0.300. The highest BCUT2D eigenvalue weighted by molar-refractivity contribution is 9.10. The number of nitrogens with two attached hydrogens (primary N) is 1. The van der Waals surface area contributed by atoms with Crippen molar-refractivity contribution < 1.29 is 4.79 Å². The van der Waals surface area contributed by atoms with Gasteiger partial charge in [-0.1, -0.05) is 36.7 Å². The van der Waals surface area contributed by atoms with Crippen LogP contribution in [0, 0.1) is 5.92 Å². The van der Waals surface area contributed by atoms with Gasteiger partial charge in [0.05, 0.1) is 6.54 Å². The van der Waals surface area contributed by atoms with Gasteiger partial charge in [0.1, 0.15) is 0 Å². The standard InChI is InChI=1S/C16H26BrN3O/c1-4-7-19-9-13-8-14(17)5-6-15(13)20(10-12(2)3)11-16(18)21/h5-6,8,12,19H,4,7,9-11H2,1-3H3,(H2,18,21). The first-order valence-corrected chi connectivity index (χ1v) is 8.25. The summed E-state index contributed by atoms with van der Waals surface area (Å²) in [6, 6.07) is 6.16. The number of carbonyl (C=O) groups excluding carboxylic acids is 1. The molecule has 0 spiro atoms. The summed E-state index contributed by atoms with van der Waals surface area (Å²) in [5, 5.41) is 3.42. The molecule has 0 saturated carbocycles.